The molecule has 0 saturated carbocycles. The van der Waals surface area contributed by atoms with Crippen molar-refractivity contribution in [3.05, 3.63) is 63.6 Å². The summed E-state index contributed by atoms with van der Waals surface area (Å²) < 4.78 is 6.96. The second-order valence-corrected chi connectivity index (χ2v) is 6.47. The zero-order valence-corrected chi connectivity index (χ0v) is 14.4. The normalized spacial score (nSPS) is 10.9. The Morgan fingerprint density at radius 2 is 1.71 bits per heavy atom. The lowest BCUT2D eigenvalue weighted by atomic mass is 10.1. The summed E-state index contributed by atoms with van der Waals surface area (Å²) in [6.45, 7) is 7.87. The average Bonchev–Trinajstić information content (AvgIpc) is 2.45. The summed E-state index contributed by atoms with van der Waals surface area (Å²) in [5, 5.41) is 3.42. The third-order valence-corrected chi connectivity index (χ3v) is 3.76. The van der Waals surface area contributed by atoms with Crippen LogP contribution >= 0.6 is 15.9 Å². The van der Waals surface area contributed by atoms with E-state index in [0.717, 1.165) is 22.3 Å². The first-order chi connectivity index (χ1) is 10.0. The fraction of sp³-hybridized carbons (Fsp3) is 0.333. The minimum atomic E-state index is 0.508. The third kappa shape index (κ3) is 5.18. The molecule has 2 nitrogen and oxygen atoms in total. The van der Waals surface area contributed by atoms with Crippen molar-refractivity contribution in [3.63, 3.8) is 0 Å². The van der Waals surface area contributed by atoms with Gasteiger partial charge in [0.05, 0.1) is 0 Å². The molecule has 112 valence electrons. The molecule has 0 bridgehead atoms. The van der Waals surface area contributed by atoms with Gasteiger partial charge in [0.2, 0.25) is 0 Å². The Hall–Kier alpha value is -1.32. The lowest BCUT2D eigenvalue weighted by Crippen LogP contribution is -2.21. The summed E-state index contributed by atoms with van der Waals surface area (Å²) >= 11 is 3.46. The SMILES string of the molecule is Cc1cc(Br)ccc1OCc1ccc(CNC(C)C)cc1. The summed E-state index contributed by atoms with van der Waals surface area (Å²) in [4.78, 5) is 0. The molecule has 2 rings (SSSR count). The number of aryl methyl sites for hydroxylation is 1. The molecular formula is C18H22BrNO. The van der Waals surface area contributed by atoms with Gasteiger partial charge in [0.25, 0.3) is 0 Å². The molecule has 0 unspecified atom stereocenters. The van der Waals surface area contributed by atoms with Gasteiger partial charge in [0, 0.05) is 17.1 Å². The van der Waals surface area contributed by atoms with Crippen molar-refractivity contribution in [2.75, 3.05) is 0 Å². The van der Waals surface area contributed by atoms with Crippen molar-refractivity contribution in [2.24, 2.45) is 0 Å². The van der Waals surface area contributed by atoms with Gasteiger partial charge < -0.3 is 10.1 Å². The Kier molecular flexibility index (Phi) is 5.83. The minimum Gasteiger partial charge on any atom is -0.489 e. The standard InChI is InChI=1S/C18H22BrNO/c1-13(2)20-11-15-4-6-16(7-5-15)12-21-18-9-8-17(19)10-14(18)3/h4-10,13,20H,11-12H2,1-3H3. The molecule has 0 fully saturated rings. The van der Waals surface area contributed by atoms with E-state index < -0.39 is 0 Å². The Morgan fingerprint density at radius 1 is 1.05 bits per heavy atom. The van der Waals surface area contributed by atoms with Crippen LogP contribution in [0.5, 0.6) is 5.75 Å². The smallest absolute Gasteiger partial charge is 0.122 e. The first-order valence-corrected chi connectivity index (χ1v) is 8.04. The maximum absolute atomic E-state index is 5.88. The van der Waals surface area contributed by atoms with Gasteiger partial charge in [-0.1, -0.05) is 54.0 Å². The summed E-state index contributed by atoms with van der Waals surface area (Å²) in [6.07, 6.45) is 0. The second-order valence-electron chi connectivity index (χ2n) is 5.55. The molecule has 0 amide bonds. The monoisotopic (exact) mass is 347 g/mol. The number of rotatable bonds is 6. The molecule has 2 aromatic rings. The summed E-state index contributed by atoms with van der Waals surface area (Å²) in [6, 6.07) is 15.1. The molecule has 0 heterocycles. The molecule has 0 aliphatic carbocycles. The van der Waals surface area contributed by atoms with E-state index in [1.807, 2.05) is 12.1 Å². The molecule has 0 spiro atoms. The Morgan fingerprint density at radius 3 is 2.33 bits per heavy atom. The molecule has 0 radical (unpaired) electrons. The molecule has 0 aliphatic rings. The fourth-order valence-electron chi connectivity index (χ4n) is 2.01. The predicted octanol–water partition coefficient (Wildman–Crippen LogP) is 4.83. The highest BCUT2D eigenvalue weighted by Gasteiger charge is 2.01. The highest BCUT2D eigenvalue weighted by molar-refractivity contribution is 9.10. The third-order valence-electron chi connectivity index (χ3n) is 3.27. The number of nitrogens with one attached hydrogen (secondary N) is 1. The van der Waals surface area contributed by atoms with Crippen LogP contribution in [0.3, 0.4) is 0 Å². The second kappa shape index (κ2) is 7.62. The lowest BCUT2D eigenvalue weighted by molar-refractivity contribution is 0.304. The highest BCUT2D eigenvalue weighted by Crippen LogP contribution is 2.23. The Balaban J connectivity index is 1.91. The summed E-state index contributed by atoms with van der Waals surface area (Å²) in [7, 11) is 0. The van der Waals surface area contributed by atoms with E-state index >= 15 is 0 Å². The van der Waals surface area contributed by atoms with Crippen LogP contribution in [0.25, 0.3) is 0 Å². The maximum atomic E-state index is 5.88. The maximum Gasteiger partial charge on any atom is 0.122 e. The molecular weight excluding hydrogens is 326 g/mol. The fourth-order valence-corrected chi connectivity index (χ4v) is 2.49. The zero-order valence-electron chi connectivity index (χ0n) is 12.8. The Labute approximate surface area is 135 Å². The van der Waals surface area contributed by atoms with Crippen LogP contribution in [0.15, 0.2) is 46.9 Å². The van der Waals surface area contributed by atoms with Crippen LogP contribution in [0.2, 0.25) is 0 Å². The van der Waals surface area contributed by atoms with Gasteiger partial charge in [0.15, 0.2) is 0 Å². The topological polar surface area (TPSA) is 21.3 Å². The zero-order chi connectivity index (χ0) is 15.2. The first-order valence-electron chi connectivity index (χ1n) is 7.25. The molecule has 0 aliphatic heterocycles. The number of ether oxygens (including phenoxy) is 1. The lowest BCUT2D eigenvalue weighted by Gasteiger charge is -2.11. The van der Waals surface area contributed by atoms with Crippen molar-refractivity contribution in [3.8, 4) is 5.75 Å². The van der Waals surface area contributed by atoms with E-state index in [-0.39, 0.29) is 0 Å². The van der Waals surface area contributed by atoms with Crippen LogP contribution in [0, 0.1) is 6.92 Å². The van der Waals surface area contributed by atoms with Crippen LogP contribution in [0.1, 0.15) is 30.5 Å². The van der Waals surface area contributed by atoms with Crippen LogP contribution in [-0.4, -0.2) is 6.04 Å². The van der Waals surface area contributed by atoms with Crippen molar-refractivity contribution in [1.82, 2.24) is 5.32 Å². The van der Waals surface area contributed by atoms with Crippen molar-refractivity contribution in [2.45, 2.75) is 40.0 Å². The van der Waals surface area contributed by atoms with Gasteiger partial charge in [-0.2, -0.15) is 0 Å². The molecule has 1 N–H and O–H groups in total. The van der Waals surface area contributed by atoms with E-state index in [2.05, 4.69) is 72.3 Å². The molecule has 0 saturated heterocycles. The van der Waals surface area contributed by atoms with Gasteiger partial charge in [-0.3, -0.25) is 0 Å². The van der Waals surface area contributed by atoms with Gasteiger partial charge in [-0.15, -0.1) is 0 Å². The number of hydrogen-bond acceptors (Lipinski definition) is 2. The van der Waals surface area contributed by atoms with E-state index in [9.17, 15) is 0 Å². The average molecular weight is 348 g/mol. The van der Waals surface area contributed by atoms with Crippen molar-refractivity contribution >= 4 is 15.9 Å². The van der Waals surface area contributed by atoms with Gasteiger partial charge in [-0.25, -0.2) is 0 Å². The van der Waals surface area contributed by atoms with E-state index in [1.165, 1.54) is 11.1 Å². The number of halogens is 1. The molecule has 0 aromatic heterocycles. The Bertz CT molecular complexity index is 578. The van der Waals surface area contributed by atoms with Crippen LogP contribution in [-0.2, 0) is 13.2 Å². The van der Waals surface area contributed by atoms with Crippen molar-refractivity contribution < 1.29 is 4.74 Å². The van der Waals surface area contributed by atoms with Gasteiger partial charge >= 0.3 is 0 Å². The van der Waals surface area contributed by atoms with E-state index in [0.29, 0.717) is 12.6 Å². The first kappa shape index (κ1) is 16.1. The van der Waals surface area contributed by atoms with E-state index in [4.69, 9.17) is 4.74 Å². The summed E-state index contributed by atoms with van der Waals surface area (Å²) in [5.74, 6) is 0.934. The molecule has 3 heteroatoms. The van der Waals surface area contributed by atoms with Crippen molar-refractivity contribution in [1.29, 1.82) is 0 Å². The highest BCUT2D eigenvalue weighted by atomic mass is 79.9. The number of benzene rings is 2. The minimum absolute atomic E-state index is 0.508. The van der Waals surface area contributed by atoms with Crippen LogP contribution in [0.4, 0.5) is 0 Å². The molecule has 0 atom stereocenters. The largest absolute Gasteiger partial charge is 0.489 e. The quantitative estimate of drug-likeness (QED) is 0.807. The van der Waals surface area contributed by atoms with E-state index in [1.54, 1.807) is 0 Å². The summed E-state index contributed by atoms with van der Waals surface area (Å²) in [5.41, 5.74) is 3.63. The van der Waals surface area contributed by atoms with Crippen LogP contribution < -0.4 is 10.1 Å². The molecule has 21 heavy (non-hydrogen) atoms. The number of hydrogen-bond donors (Lipinski definition) is 1. The molecule has 2 aromatic carbocycles. The van der Waals surface area contributed by atoms with Gasteiger partial charge in [0.1, 0.15) is 12.4 Å². The predicted molar refractivity (Wildman–Crippen MR) is 91.6 cm³/mol. The van der Waals surface area contributed by atoms with Gasteiger partial charge in [-0.05, 0) is 41.8 Å².